The van der Waals surface area contributed by atoms with Gasteiger partial charge in [-0.2, -0.15) is 0 Å². The Bertz CT molecular complexity index is 859. The van der Waals surface area contributed by atoms with E-state index in [0.29, 0.717) is 24.8 Å². The molecule has 0 fully saturated rings. The molecule has 0 radical (unpaired) electrons. The van der Waals surface area contributed by atoms with Crippen molar-refractivity contribution in [1.29, 1.82) is 0 Å². The molecule has 0 aliphatic heterocycles. The molecular formula is C21H21O2PS2. The lowest BCUT2D eigenvalue weighted by atomic mass is 9.95. The summed E-state index contributed by atoms with van der Waals surface area (Å²) in [5.41, 5.74) is 2.19. The predicted octanol–water partition coefficient (Wildman–Crippen LogP) is 5.31. The average molecular weight is 401 g/mol. The number of benzene rings is 3. The number of aromatic hydroxyl groups is 1. The maximum Gasteiger partial charge on any atom is 0.122 e. The smallest absolute Gasteiger partial charge is 0.122 e. The van der Waals surface area contributed by atoms with Crippen LogP contribution in [-0.4, -0.2) is 10.00 Å². The summed E-state index contributed by atoms with van der Waals surface area (Å²) in [6, 6.07) is 23.9. The molecule has 1 atom stereocenters. The maximum atomic E-state index is 10.8. The van der Waals surface area contributed by atoms with E-state index < -0.39 is 5.47 Å². The molecule has 0 amide bonds. The van der Waals surface area contributed by atoms with Crippen LogP contribution in [0.25, 0.3) is 0 Å². The first-order chi connectivity index (χ1) is 12.4. The number of rotatable bonds is 6. The van der Waals surface area contributed by atoms with E-state index in [9.17, 15) is 10.00 Å². The minimum Gasteiger partial charge on any atom is -0.507 e. The minimum atomic E-state index is -2.66. The molecule has 0 bridgehead atoms. The lowest BCUT2D eigenvalue weighted by Crippen LogP contribution is -1.98. The van der Waals surface area contributed by atoms with Gasteiger partial charge in [0.1, 0.15) is 11.2 Å². The summed E-state index contributed by atoms with van der Waals surface area (Å²) < 4.78 is 0. The number of phenolic OH excluding ortho intramolecular Hbond substituents is 1. The molecule has 5 heteroatoms. The van der Waals surface area contributed by atoms with Gasteiger partial charge in [0.15, 0.2) is 0 Å². The van der Waals surface area contributed by atoms with Gasteiger partial charge in [-0.25, -0.2) is 0 Å². The Balaban J connectivity index is 2.00. The molecule has 3 aromatic carbocycles. The zero-order valence-corrected chi connectivity index (χ0v) is 16.9. The fraction of sp³-hybridized carbons (Fsp3) is 0.143. The van der Waals surface area contributed by atoms with Gasteiger partial charge >= 0.3 is 0 Å². The van der Waals surface area contributed by atoms with Crippen LogP contribution in [0, 0.1) is 0 Å². The van der Waals surface area contributed by atoms with Crippen LogP contribution in [0.3, 0.4) is 0 Å². The minimum absolute atomic E-state index is 0.312. The lowest BCUT2D eigenvalue weighted by Gasteiger charge is -2.15. The zero-order chi connectivity index (χ0) is 18.6. The molecular weight excluding hydrogens is 379 g/mol. The van der Waals surface area contributed by atoms with Gasteiger partial charge in [0.2, 0.25) is 0 Å². The number of thiol groups is 1. The van der Waals surface area contributed by atoms with E-state index in [1.54, 1.807) is 0 Å². The van der Waals surface area contributed by atoms with Crippen molar-refractivity contribution in [2.24, 2.45) is 0 Å². The second kappa shape index (κ2) is 8.41. The molecule has 0 aromatic heterocycles. The molecule has 0 aliphatic rings. The van der Waals surface area contributed by atoms with Crippen molar-refractivity contribution in [3.63, 3.8) is 0 Å². The Morgan fingerprint density at radius 3 is 1.58 bits per heavy atom. The number of hydrogen-bond acceptors (Lipinski definition) is 2. The Labute approximate surface area is 164 Å². The predicted molar refractivity (Wildman–Crippen MR) is 116 cm³/mol. The van der Waals surface area contributed by atoms with Gasteiger partial charge in [0, 0.05) is 19.0 Å². The molecule has 0 saturated heterocycles. The second-order valence-electron chi connectivity index (χ2n) is 6.41. The van der Waals surface area contributed by atoms with Gasteiger partial charge in [0.25, 0.3) is 0 Å². The van der Waals surface area contributed by atoms with Crippen LogP contribution in [0.4, 0.5) is 0 Å². The van der Waals surface area contributed by atoms with Crippen LogP contribution >= 0.6 is 17.7 Å². The molecule has 0 spiro atoms. The normalized spacial score (nSPS) is 13.3. The SMILES string of the molecule is Oc1c(Cc2ccccc2)cc(CP(O)(=S)S)cc1Cc1ccccc1. The monoisotopic (exact) mass is 400 g/mol. The second-order valence-corrected chi connectivity index (χ2v) is 12.7. The van der Waals surface area contributed by atoms with Crippen molar-refractivity contribution < 1.29 is 10.00 Å². The van der Waals surface area contributed by atoms with Gasteiger partial charge in [-0.05, 0) is 27.8 Å². The van der Waals surface area contributed by atoms with Gasteiger partial charge < -0.3 is 10.00 Å². The van der Waals surface area contributed by atoms with Crippen molar-refractivity contribution in [1.82, 2.24) is 0 Å². The van der Waals surface area contributed by atoms with Crippen molar-refractivity contribution in [3.05, 3.63) is 101 Å². The van der Waals surface area contributed by atoms with E-state index in [2.05, 4.69) is 12.2 Å². The molecule has 3 aromatic rings. The Morgan fingerprint density at radius 2 is 1.19 bits per heavy atom. The lowest BCUT2D eigenvalue weighted by molar-refractivity contribution is 0.463. The summed E-state index contributed by atoms with van der Waals surface area (Å²) >= 11 is 9.29. The third-order valence-electron chi connectivity index (χ3n) is 4.19. The van der Waals surface area contributed by atoms with Gasteiger partial charge in [-0.15, -0.1) is 12.2 Å². The van der Waals surface area contributed by atoms with Crippen LogP contribution in [0.1, 0.15) is 27.8 Å². The zero-order valence-electron chi connectivity index (χ0n) is 14.2. The summed E-state index contributed by atoms with van der Waals surface area (Å²) in [7, 11) is 0. The molecule has 1 unspecified atom stereocenters. The first-order valence-electron chi connectivity index (χ1n) is 8.37. The number of hydrogen-bond donors (Lipinski definition) is 3. The van der Waals surface area contributed by atoms with E-state index in [1.165, 1.54) is 0 Å². The van der Waals surface area contributed by atoms with Crippen molar-refractivity contribution in [2.45, 2.75) is 19.0 Å². The standard InChI is InChI=1S/C21H21O2PS2/c22-21-19(11-16-7-3-1-4-8-16)13-18(15-24(23,25)26)14-20(21)12-17-9-5-2-6-10-17/h1-10,13-14,22H,11-12,15H2,(H2,23,25,26). The highest BCUT2D eigenvalue weighted by Gasteiger charge is 2.15. The van der Waals surface area contributed by atoms with Crippen LogP contribution in [-0.2, 0) is 30.8 Å². The summed E-state index contributed by atoms with van der Waals surface area (Å²) in [5.74, 6) is 0.312. The fourth-order valence-electron chi connectivity index (χ4n) is 3.06. The van der Waals surface area contributed by atoms with Crippen molar-refractivity contribution >= 4 is 29.5 Å². The Hall–Kier alpha value is -1.58. The van der Waals surface area contributed by atoms with E-state index in [1.807, 2.05) is 72.8 Å². The van der Waals surface area contributed by atoms with E-state index in [-0.39, 0.29) is 0 Å². The molecule has 0 heterocycles. The van der Waals surface area contributed by atoms with Crippen molar-refractivity contribution in [2.75, 3.05) is 0 Å². The van der Waals surface area contributed by atoms with E-state index in [4.69, 9.17) is 11.8 Å². The Morgan fingerprint density at radius 1 is 0.769 bits per heavy atom. The first-order valence-corrected chi connectivity index (χ1v) is 12.5. The highest BCUT2D eigenvalue weighted by atomic mass is 32.9. The summed E-state index contributed by atoms with van der Waals surface area (Å²) in [4.78, 5) is 10.0. The van der Waals surface area contributed by atoms with E-state index in [0.717, 1.165) is 27.8 Å². The van der Waals surface area contributed by atoms with Crippen LogP contribution in [0.2, 0.25) is 0 Å². The molecule has 0 saturated carbocycles. The highest BCUT2D eigenvalue weighted by Crippen LogP contribution is 2.50. The topological polar surface area (TPSA) is 40.5 Å². The third kappa shape index (κ3) is 5.46. The van der Waals surface area contributed by atoms with Crippen LogP contribution < -0.4 is 0 Å². The van der Waals surface area contributed by atoms with Crippen LogP contribution in [0.5, 0.6) is 5.75 Å². The molecule has 26 heavy (non-hydrogen) atoms. The quantitative estimate of drug-likeness (QED) is 0.388. The molecule has 2 N–H and O–H groups in total. The van der Waals surface area contributed by atoms with Crippen molar-refractivity contribution in [3.8, 4) is 5.75 Å². The summed E-state index contributed by atoms with van der Waals surface area (Å²) in [6.45, 7) is 0. The highest BCUT2D eigenvalue weighted by molar-refractivity contribution is 8.61. The molecule has 0 aliphatic carbocycles. The molecule has 3 rings (SSSR count). The first kappa shape index (κ1) is 19.2. The van der Waals surface area contributed by atoms with Gasteiger partial charge in [-0.3, -0.25) is 0 Å². The maximum absolute atomic E-state index is 10.8. The molecule has 134 valence electrons. The third-order valence-corrected chi connectivity index (χ3v) is 5.78. The van der Waals surface area contributed by atoms with Gasteiger partial charge in [-0.1, -0.05) is 84.6 Å². The summed E-state index contributed by atoms with van der Waals surface area (Å²) in [6.07, 6.45) is 1.60. The van der Waals surface area contributed by atoms with Crippen LogP contribution in [0.15, 0.2) is 72.8 Å². The fourth-order valence-corrected chi connectivity index (χ4v) is 4.66. The Kier molecular flexibility index (Phi) is 6.20. The average Bonchev–Trinajstić information content (AvgIpc) is 2.59. The van der Waals surface area contributed by atoms with Gasteiger partial charge in [0.05, 0.1) is 0 Å². The summed E-state index contributed by atoms with van der Waals surface area (Å²) in [5, 5.41) is 10.8. The largest absolute Gasteiger partial charge is 0.507 e. The van der Waals surface area contributed by atoms with E-state index >= 15 is 0 Å². The molecule has 2 nitrogen and oxygen atoms in total. The number of phenols is 1.